The van der Waals surface area contributed by atoms with Crippen molar-refractivity contribution in [3.63, 3.8) is 0 Å². The molecule has 0 bridgehead atoms. The molecule has 1 heterocycles. The minimum atomic E-state index is -0.0496. The van der Waals surface area contributed by atoms with Gasteiger partial charge in [0, 0.05) is 23.8 Å². The molecule has 0 aliphatic carbocycles. The van der Waals surface area contributed by atoms with Gasteiger partial charge in [0.25, 0.3) is 5.97 Å². The zero-order chi connectivity index (χ0) is 15.2. The lowest BCUT2D eigenvalue weighted by Crippen LogP contribution is -2.28. The zero-order valence-corrected chi connectivity index (χ0v) is 13.6. The van der Waals surface area contributed by atoms with Crippen LogP contribution in [0.2, 0.25) is 5.02 Å². The molecule has 2 rings (SSSR count). The molecule has 0 radical (unpaired) electrons. The van der Waals surface area contributed by atoms with Crippen LogP contribution in [-0.4, -0.2) is 27.1 Å². The highest BCUT2D eigenvalue weighted by Gasteiger charge is 2.33. The first-order valence-electron chi connectivity index (χ1n) is 7.74. The van der Waals surface area contributed by atoms with E-state index in [0.717, 1.165) is 43.8 Å². The summed E-state index contributed by atoms with van der Waals surface area (Å²) in [5.74, 6) is 0.373. The van der Waals surface area contributed by atoms with E-state index in [-0.39, 0.29) is 11.9 Å². The van der Waals surface area contributed by atoms with Crippen LogP contribution in [0.5, 0.6) is 0 Å². The van der Waals surface area contributed by atoms with E-state index in [2.05, 4.69) is 11.8 Å². The number of benzene rings is 1. The van der Waals surface area contributed by atoms with Crippen molar-refractivity contribution in [3.8, 4) is 0 Å². The molecule has 114 valence electrons. The summed E-state index contributed by atoms with van der Waals surface area (Å²) in [6.45, 7) is 4.07. The van der Waals surface area contributed by atoms with Crippen molar-refractivity contribution in [3.05, 3.63) is 29.3 Å². The maximum absolute atomic E-state index is 12.0. The number of carbonyl (C=O) groups excluding carboxylic acids is 1. The first kappa shape index (κ1) is 16.2. The molecule has 3 nitrogen and oxygen atoms in total. The van der Waals surface area contributed by atoms with Crippen LogP contribution in [0.4, 0.5) is 5.69 Å². The van der Waals surface area contributed by atoms with Crippen molar-refractivity contribution in [2.24, 2.45) is 11.8 Å². The third-order valence-corrected chi connectivity index (χ3v) is 4.61. The average molecular weight is 308 g/mol. The van der Waals surface area contributed by atoms with E-state index in [4.69, 9.17) is 16.3 Å². The van der Waals surface area contributed by atoms with Gasteiger partial charge in [-0.05, 0) is 43.0 Å². The van der Waals surface area contributed by atoms with Crippen molar-refractivity contribution >= 4 is 31.3 Å². The van der Waals surface area contributed by atoms with Gasteiger partial charge in [-0.2, -0.15) is 0 Å². The van der Waals surface area contributed by atoms with Gasteiger partial charge in [0.2, 0.25) is 0 Å². The Morgan fingerprint density at radius 2 is 2.19 bits per heavy atom. The Balaban J connectivity index is 2.01. The average Bonchev–Trinajstić information content (AvgIpc) is 2.97. The molecule has 1 fully saturated rings. The first-order chi connectivity index (χ1) is 10.2. The van der Waals surface area contributed by atoms with Crippen LogP contribution in [0.1, 0.15) is 32.6 Å². The van der Waals surface area contributed by atoms with Gasteiger partial charge in [0.05, 0.1) is 5.92 Å². The highest BCUT2D eigenvalue weighted by molar-refractivity contribution is 6.30. The second kappa shape index (κ2) is 7.74. The number of halogens is 1. The van der Waals surface area contributed by atoms with Gasteiger partial charge >= 0.3 is 8.05 Å². The van der Waals surface area contributed by atoms with E-state index >= 15 is 0 Å². The lowest BCUT2D eigenvalue weighted by Gasteiger charge is -2.23. The van der Waals surface area contributed by atoms with Crippen LogP contribution in [0.3, 0.4) is 0 Å². The largest absolute Gasteiger partial charge is 0.543 e. The number of nitrogens with zero attached hydrogens (tertiary/aromatic N) is 1. The van der Waals surface area contributed by atoms with E-state index in [9.17, 15) is 4.79 Å². The Morgan fingerprint density at radius 1 is 1.48 bits per heavy atom. The third kappa shape index (κ3) is 4.16. The minimum Gasteiger partial charge on any atom is -0.543 e. The Morgan fingerprint density at radius 3 is 2.81 bits per heavy atom. The van der Waals surface area contributed by atoms with Crippen molar-refractivity contribution < 1.29 is 9.45 Å². The van der Waals surface area contributed by atoms with E-state index in [1.807, 2.05) is 24.3 Å². The molecule has 0 saturated carbocycles. The fraction of sp³-hybridized carbons (Fsp3) is 0.562. The molecule has 1 aromatic carbocycles. The molecule has 0 N–H and O–H groups in total. The summed E-state index contributed by atoms with van der Waals surface area (Å²) in [5, 5.41) is 0.755. The predicted molar refractivity (Wildman–Crippen MR) is 89.4 cm³/mol. The van der Waals surface area contributed by atoms with Crippen LogP contribution in [-0.2, 0) is 9.45 Å². The van der Waals surface area contributed by atoms with Gasteiger partial charge in [-0.1, -0.05) is 31.4 Å². The zero-order valence-electron chi connectivity index (χ0n) is 12.8. The van der Waals surface area contributed by atoms with Crippen molar-refractivity contribution in [2.45, 2.75) is 32.6 Å². The summed E-state index contributed by atoms with van der Waals surface area (Å²) < 4.78 is 5.00. The fourth-order valence-electron chi connectivity index (χ4n) is 3.12. The van der Waals surface area contributed by atoms with Gasteiger partial charge in [0.15, 0.2) is 0 Å². The van der Waals surface area contributed by atoms with Crippen LogP contribution in [0.25, 0.3) is 0 Å². The molecule has 5 heteroatoms. The van der Waals surface area contributed by atoms with Crippen LogP contribution in [0, 0.1) is 11.8 Å². The fourth-order valence-corrected chi connectivity index (χ4v) is 3.25. The second-order valence-electron chi connectivity index (χ2n) is 5.74. The maximum atomic E-state index is 12.0. The van der Waals surface area contributed by atoms with Crippen LogP contribution < -0.4 is 4.90 Å². The maximum Gasteiger partial charge on any atom is 0.325 e. The number of rotatable bonds is 6. The molecule has 0 aromatic heterocycles. The molecule has 21 heavy (non-hydrogen) atoms. The van der Waals surface area contributed by atoms with Gasteiger partial charge in [-0.25, -0.2) is 0 Å². The van der Waals surface area contributed by atoms with Gasteiger partial charge in [0.1, 0.15) is 0 Å². The summed E-state index contributed by atoms with van der Waals surface area (Å²) in [7, 11) is 1.49. The smallest absolute Gasteiger partial charge is 0.325 e. The van der Waals surface area contributed by atoms with Crippen LogP contribution >= 0.6 is 11.6 Å². The molecule has 1 aliphatic rings. The first-order valence-corrected chi connectivity index (χ1v) is 8.11. The third-order valence-electron chi connectivity index (χ3n) is 4.36. The van der Waals surface area contributed by atoms with Gasteiger partial charge in [-0.3, -0.25) is 4.79 Å². The SMILES string of the molecule is BOC(=O)C(CCCC)C1CCN(c2ccc(Cl)cc2)C1. The quantitative estimate of drug-likeness (QED) is 0.757. The lowest BCUT2D eigenvalue weighted by atomic mass is 9.87. The second-order valence-corrected chi connectivity index (χ2v) is 6.18. The monoisotopic (exact) mass is 307 g/mol. The summed E-state index contributed by atoms with van der Waals surface area (Å²) in [6, 6.07) is 7.92. The van der Waals surface area contributed by atoms with Gasteiger partial charge in [-0.15, -0.1) is 0 Å². The summed E-state index contributed by atoms with van der Waals surface area (Å²) in [4.78, 5) is 14.4. The Hall–Kier alpha value is -1.16. The Bertz CT molecular complexity index is 466. The van der Waals surface area contributed by atoms with E-state index in [1.54, 1.807) is 0 Å². The normalized spacial score (nSPS) is 19.5. The number of carbonyl (C=O) groups is 1. The molecule has 1 aromatic rings. The lowest BCUT2D eigenvalue weighted by molar-refractivity contribution is -0.140. The van der Waals surface area contributed by atoms with Gasteiger partial charge < -0.3 is 9.55 Å². The van der Waals surface area contributed by atoms with Crippen LogP contribution in [0.15, 0.2) is 24.3 Å². The summed E-state index contributed by atoms with van der Waals surface area (Å²) in [6.07, 6.45) is 4.17. The van der Waals surface area contributed by atoms with E-state index in [1.165, 1.54) is 13.7 Å². The molecular weight excluding hydrogens is 284 g/mol. The number of hydrogen-bond donors (Lipinski definition) is 0. The molecule has 1 saturated heterocycles. The molecule has 0 spiro atoms. The predicted octanol–water partition coefficient (Wildman–Crippen LogP) is 3.06. The number of unbranched alkanes of at least 4 members (excludes halogenated alkanes) is 1. The molecule has 0 amide bonds. The number of anilines is 1. The van der Waals surface area contributed by atoms with E-state index in [0.29, 0.717) is 5.92 Å². The van der Waals surface area contributed by atoms with Crippen molar-refractivity contribution in [2.75, 3.05) is 18.0 Å². The molecular formula is C16H23BClNO2. The van der Waals surface area contributed by atoms with E-state index < -0.39 is 0 Å². The van der Waals surface area contributed by atoms with Crippen molar-refractivity contribution in [1.82, 2.24) is 0 Å². The van der Waals surface area contributed by atoms with Crippen molar-refractivity contribution in [1.29, 1.82) is 0 Å². The topological polar surface area (TPSA) is 29.5 Å². The standard InChI is InChI=1S/C16H23BClNO2/c1-2-3-4-15(16(20)21-17)12-9-10-19(11-12)14-7-5-13(18)6-8-14/h5-8,12,15H,2-4,9-11,17H2,1H3. The minimum absolute atomic E-state index is 0.0345. The number of hydrogen-bond acceptors (Lipinski definition) is 3. The Kier molecular flexibility index (Phi) is 5.98. The summed E-state index contributed by atoms with van der Waals surface area (Å²) >= 11 is 5.94. The molecule has 1 aliphatic heterocycles. The Labute approximate surface area is 133 Å². The highest BCUT2D eigenvalue weighted by atomic mass is 35.5. The summed E-state index contributed by atoms with van der Waals surface area (Å²) in [5.41, 5.74) is 1.18. The molecule has 2 atom stereocenters. The molecule has 2 unspecified atom stereocenters. The highest BCUT2D eigenvalue weighted by Crippen LogP contribution is 2.32.